The van der Waals surface area contributed by atoms with Gasteiger partial charge in [-0.25, -0.2) is 13.2 Å². The highest BCUT2D eigenvalue weighted by atomic mass is 32.2. The summed E-state index contributed by atoms with van der Waals surface area (Å²) >= 11 is 0. The predicted octanol–water partition coefficient (Wildman–Crippen LogP) is 2.96. The zero-order chi connectivity index (χ0) is 16.0. The van der Waals surface area contributed by atoms with Crippen molar-refractivity contribution in [2.24, 2.45) is 0 Å². The summed E-state index contributed by atoms with van der Waals surface area (Å²) in [6.07, 6.45) is 1.67. The van der Waals surface area contributed by atoms with Crippen LogP contribution < -0.4 is 0 Å². The van der Waals surface area contributed by atoms with E-state index in [0.717, 1.165) is 5.56 Å². The van der Waals surface area contributed by atoms with Crippen LogP contribution in [0.4, 0.5) is 0 Å². The molecule has 0 aromatic heterocycles. The molecule has 0 saturated heterocycles. The molecular weight excluding hydrogens is 300 g/mol. The van der Waals surface area contributed by atoms with Crippen LogP contribution >= 0.6 is 0 Å². The first kappa shape index (κ1) is 16.0. The SMILES string of the molecule is C=Cc1ccc(C(=O)OCCS(=O)(=O)c2ccccc2)cc1. The van der Waals surface area contributed by atoms with Crippen molar-refractivity contribution >= 4 is 21.9 Å². The lowest BCUT2D eigenvalue weighted by Crippen LogP contribution is -2.15. The summed E-state index contributed by atoms with van der Waals surface area (Å²) in [5.41, 5.74) is 1.27. The van der Waals surface area contributed by atoms with Gasteiger partial charge in [0.05, 0.1) is 16.2 Å². The van der Waals surface area contributed by atoms with Crippen LogP contribution in [0, 0.1) is 0 Å². The standard InChI is InChI=1S/C17H16O4S/c1-2-14-8-10-15(11-9-14)17(18)21-12-13-22(19,20)16-6-4-3-5-7-16/h2-11H,1,12-13H2. The minimum atomic E-state index is -3.44. The monoisotopic (exact) mass is 316 g/mol. The Bertz CT molecular complexity index is 747. The lowest BCUT2D eigenvalue weighted by molar-refractivity contribution is 0.0529. The second kappa shape index (κ2) is 7.04. The lowest BCUT2D eigenvalue weighted by atomic mass is 10.1. The van der Waals surface area contributed by atoms with E-state index < -0.39 is 15.8 Å². The largest absolute Gasteiger partial charge is 0.461 e. The molecule has 0 spiro atoms. The van der Waals surface area contributed by atoms with Crippen molar-refractivity contribution in [2.45, 2.75) is 4.90 Å². The summed E-state index contributed by atoms with van der Waals surface area (Å²) < 4.78 is 29.1. The molecule has 22 heavy (non-hydrogen) atoms. The van der Waals surface area contributed by atoms with Gasteiger partial charge in [-0.2, -0.15) is 0 Å². The molecule has 0 radical (unpaired) electrons. The molecule has 2 aromatic rings. The van der Waals surface area contributed by atoms with Crippen LogP contribution in [0.5, 0.6) is 0 Å². The van der Waals surface area contributed by atoms with Crippen LogP contribution in [-0.2, 0) is 14.6 Å². The van der Waals surface area contributed by atoms with Gasteiger partial charge in [0.15, 0.2) is 9.84 Å². The third-order valence-electron chi connectivity index (χ3n) is 3.07. The Morgan fingerprint density at radius 2 is 1.68 bits per heavy atom. The first-order chi connectivity index (χ1) is 10.5. The van der Waals surface area contributed by atoms with E-state index >= 15 is 0 Å². The summed E-state index contributed by atoms with van der Waals surface area (Å²) in [4.78, 5) is 12.0. The molecule has 0 fully saturated rings. The lowest BCUT2D eigenvalue weighted by Gasteiger charge is -2.06. The van der Waals surface area contributed by atoms with Gasteiger partial charge in [-0.15, -0.1) is 0 Å². The smallest absolute Gasteiger partial charge is 0.338 e. The quantitative estimate of drug-likeness (QED) is 0.769. The Balaban J connectivity index is 1.93. The molecule has 0 atom stereocenters. The van der Waals surface area contributed by atoms with Crippen LogP contribution in [0.25, 0.3) is 6.08 Å². The minimum Gasteiger partial charge on any atom is -0.461 e. The van der Waals surface area contributed by atoms with Crippen molar-refractivity contribution in [1.82, 2.24) is 0 Å². The maximum absolute atomic E-state index is 12.0. The summed E-state index contributed by atoms with van der Waals surface area (Å²) in [5, 5.41) is 0. The molecule has 114 valence electrons. The zero-order valence-corrected chi connectivity index (χ0v) is 12.8. The summed E-state index contributed by atoms with van der Waals surface area (Å²) in [7, 11) is -3.44. The molecule has 0 heterocycles. The van der Waals surface area contributed by atoms with E-state index in [1.54, 1.807) is 48.5 Å². The number of ether oxygens (including phenoxy) is 1. The van der Waals surface area contributed by atoms with E-state index in [9.17, 15) is 13.2 Å². The topological polar surface area (TPSA) is 60.4 Å². The van der Waals surface area contributed by atoms with Crippen molar-refractivity contribution in [3.8, 4) is 0 Å². The molecule has 0 bridgehead atoms. The van der Waals surface area contributed by atoms with Gasteiger partial charge < -0.3 is 4.74 Å². The van der Waals surface area contributed by atoms with Gasteiger partial charge >= 0.3 is 5.97 Å². The Hall–Kier alpha value is -2.40. The van der Waals surface area contributed by atoms with Gasteiger partial charge in [0, 0.05) is 0 Å². The number of hydrogen-bond acceptors (Lipinski definition) is 4. The highest BCUT2D eigenvalue weighted by molar-refractivity contribution is 7.91. The van der Waals surface area contributed by atoms with Crippen LogP contribution in [-0.4, -0.2) is 26.7 Å². The van der Waals surface area contributed by atoms with Gasteiger partial charge in [-0.3, -0.25) is 0 Å². The number of carbonyl (C=O) groups is 1. The van der Waals surface area contributed by atoms with Crippen LogP contribution in [0.2, 0.25) is 0 Å². The molecule has 0 N–H and O–H groups in total. The number of sulfone groups is 1. The first-order valence-electron chi connectivity index (χ1n) is 6.70. The van der Waals surface area contributed by atoms with Crippen molar-refractivity contribution in [3.63, 3.8) is 0 Å². The molecule has 0 aliphatic rings. The van der Waals surface area contributed by atoms with Crippen molar-refractivity contribution in [3.05, 3.63) is 72.3 Å². The average molecular weight is 316 g/mol. The van der Waals surface area contributed by atoms with Gasteiger partial charge in [-0.05, 0) is 29.8 Å². The Kier molecular flexibility index (Phi) is 5.12. The minimum absolute atomic E-state index is 0.181. The summed E-state index contributed by atoms with van der Waals surface area (Å²) in [6.45, 7) is 3.45. The first-order valence-corrected chi connectivity index (χ1v) is 8.35. The van der Waals surface area contributed by atoms with Crippen molar-refractivity contribution < 1.29 is 17.9 Å². The van der Waals surface area contributed by atoms with Crippen molar-refractivity contribution in [1.29, 1.82) is 0 Å². The highest BCUT2D eigenvalue weighted by Gasteiger charge is 2.15. The maximum atomic E-state index is 12.0. The van der Waals surface area contributed by atoms with Gasteiger partial charge in [0.2, 0.25) is 0 Å². The Morgan fingerprint density at radius 3 is 2.27 bits per heavy atom. The van der Waals surface area contributed by atoms with Gasteiger partial charge in [0.25, 0.3) is 0 Å². The molecule has 0 amide bonds. The number of esters is 1. The number of carbonyl (C=O) groups excluding carboxylic acids is 1. The molecule has 0 aliphatic heterocycles. The molecular formula is C17H16O4S. The molecule has 4 nitrogen and oxygen atoms in total. The normalized spacial score (nSPS) is 10.9. The fraction of sp³-hybridized carbons (Fsp3) is 0.118. The fourth-order valence-electron chi connectivity index (χ4n) is 1.83. The fourth-order valence-corrected chi connectivity index (χ4v) is 2.94. The van der Waals surface area contributed by atoms with E-state index in [1.807, 2.05) is 0 Å². The van der Waals surface area contributed by atoms with Crippen LogP contribution in [0.1, 0.15) is 15.9 Å². The van der Waals surface area contributed by atoms with E-state index in [0.29, 0.717) is 5.56 Å². The number of hydrogen-bond donors (Lipinski definition) is 0. The van der Waals surface area contributed by atoms with E-state index in [1.165, 1.54) is 12.1 Å². The Labute approximate surface area is 130 Å². The molecule has 0 aliphatic carbocycles. The third-order valence-corrected chi connectivity index (χ3v) is 4.76. The maximum Gasteiger partial charge on any atom is 0.338 e. The average Bonchev–Trinajstić information content (AvgIpc) is 2.55. The molecule has 0 saturated carbocycles. The highest BCUT2D eigenvalue weighted by Crippen LogP contribution is 2.11. The molecule has 0 unspecified atom stereocenters. The zero-order valence-electron chi connectivity index (χ0n) is 11.9. The predicted molar refractivity (Wildman–Crippen MR) is 85.3 cm³/mol. The number of rotatable bonds is 6. The molecule has 2 rings (SSSR count). The number of benzene rings is 2. The second-order valence-electron chi connectivity index (χ2n) is 4.59. The summed E-state index contributed by atoms with van der Waals surface area (Å²) in [6, 6.07) is 14.8. The van der Waals surface area contributed by atoms with Crippen molar-refractivity contribution in [2.75, 3.05) is 12.4 Å². The van der Waals surface area contributed by atoms with Crippen LogP contribution in [0.3, 0.4) is 0 Å². The third kappa shape index (κ3) is 4.05. The van der Waals surface area contributed by atoms with Gasteiger partial charge in [0.1, 0.15) is 6.61 Å². The molecule has 5 heteroatoms. The molecule has 2 aromatic carbocycles. The van der Waals surface area contributed by atoms with E-state index in [-0.39, 0.29) is 17.3 Å². The summed E-state index contributed by atoms with van der Waals surface area (Å²) in [5.74, 6) is -0.785. The Morgan fingerprint density at radius 1 is 1.05 bits per heavy atom. The van der Waals surface area contributed by atoms with E-state index in [4.69, 9.17) is 4.74 Å². The second-order valence-corrected chi connectivity index (χ2v) is 6.70. The van der Waals surface area contributed by atoms with Gasteiger partial charge in [-0.1, -0.05) is 43.0 Å². The van der Waals surface area contributed by atoms with E-state index in [2.05, 4.69) is 6.58 Å². The van der Waals surface area contributed by atoms with Crippen LogP contribution in [0.15, 0.2) is 66.1 Å².